The molecule has 1 saturated heterocycles. The van der Waals surface area contributed by atoms with E-state index in [9.17, 15) is 0 Å². The van der Waals surface area contributed by atoms with E-state index in [1.807, 2.05) is 0 Å². The van der Waals surface area contributed by atoms with Crippen molar-refractivity contribution >= 4 is 11.8 Å². The lowest BCUT2D eigenvalue weighted by atomic mass is 9.65. The maximum Gasteiger partial charge on any atom is 0.0424 e. The lowest BCUT2D eigenvalue weighted by molar-refractivity contribution is 0.148. The molecule has 0 amide bonds. The molecule has 0 spiro atoms. The Hall–Kier alpha value is 0.310. The summed E-state index contributed by atoms with van der Waals surface area (Å²) < 4.78 is 0.375. The van der Waals surface area contributed by atoms with Gasteiger partial charge in [-0.05, 0) is 10.8 Å². The van der Waals surface area contributed by atoms with Crippen LogP contribution in [-0.4, -0.2) is 17.2 Å². The van der Waals surface area contributed by atoms with Crippen LogP contribution in [0.15, 0.2) is 0 Å². The van der Waals surface area contributed by atoms with Crippen molar-refractivity contribution in [1.29, 1.82) is 0 Å². The summed E-state index contributed by atoms with van der Waals surface area (Å²) in [6.07, 6.45) is 0. The van der Waals surface area contributed by atoms with E-state index in [0.29, 0.717) is 15.6 Å². The fraction of sp³-hybridized carbons (Fsp3) is 1.00. The standard InChI is InChI=1S/C11H23NS/c1-9(2,3)11(10(4,5)6)7-12-8-13-11/h12H,7-8H2,1-6H3. The zero-order valence-electron chi connectivity index (χ0n) is 9.82. The highest BCUT2D eigenvalue weighted by Gasteiger charge is 2.52. The van der Waals surface area contributed by atoms with Gasteiger partial charge in [-0.25, -0.2) is 0 Å². The highest BCUT2D eigenvalue weighted by molar-refractivity contribution is 8.01. The van der Waals surface area contributed by atoms with Crippen molar-refractivity contribution in [2.24, 2.45) is 10.8 Å². The molecule has 1 N–H and O–H groups in total. The third-order valence-corrected chi connectivity index (χ3v) is 5.43. The van der Waals surface area contributed by atoms with Crippen LogP contribution in [0.2, 0.25) is 0 Å². The van der Waals surface area contributed by atoms with E-state index in [-0.39, 0.29) is 0 Å². The average Bonchev–Trinajstić information content (AvgIpc) is 2.28. The zero-order chi connectivity index (χ0) is 10.3. The molecule has 13 heavy (non-hydrogen) atoms. The van der Waals surface area contributed by atoms with Crippen molar-refractivity contribution in [3.8, 4) is 0 Å². The third kappa shape index (κ3) is 1.75. The number of thioether (sulfide) groups is 1. The highest BCUT2D eigenvalue weighted by Crippen LogP contribution is 2.54. The first-order valence-corrected chi connectivity index (χ1v) is 6.04. The quantitative estimate of drug-likeness (QED) is 0.646. The Labute approximate surface area is 87.1 Å². The molecule has 0 aliphatic carbocycles. The van der Waals surface area contributed by atoms with Crippen LogP contribution in [-0.2, 0) is 0 Å². The van der Waals surface area contributed by atoms with Gasteiger partial charge in [0.05, 0.1) is 0 Å². The van der Waals surface area contributed by atoms with Crippen LogP contribution in [0.3, 0.4) is 0 Å². The predicted octanol–water partition coefficient (Wildman–Crippen LogP) is 3.11. The number of hydrogen-bond acceptors (Lipinski definition) is 2. The van der Waals surface area contributed by atoms with Crippen LogP contribution >= 0.6 is 11.8 Å². The van der Waals surface area contributed by atoms with E-state index in [4.69, 9.17) is 0 Å². The molecular formula is C11H23NS. The lowest BCUT2D eigenvalue weighted by Crippen LogP contribution is -2.52. The monoisotopic (exact) mass is 201 g/mol. The van der Waals surface area contributed by atoms with Crippen LogP contribution in [0.5, 0.6) is 0 Å². The van der Waals surface area contributed by atoms with Gasteiger partial charge < -0.3 is 5.32 Å². The van der Waals surface area contributed by atoms with Crippen molar-refractivity contribution in [2.45, 2.75) is 46.3 Å². The van der Waals surface area contributed by atoms with E-state index in [1.165, 1.54) is 0 Å². The molecule has 1 aliphatic rings. The summed E-state index contributed by atoms with van der Waals surface area (Å²) in [6.45, 7) is 15.3. The minimum Gasteiger partial charge on any atom is -0.306 e. The molecule has 1 nitrogen and oxygen atoms in total. The van der Waals surface area contributed by atoms with Gasteiger partial charge in [0.1, 0.15) is 0 Å². The van der Waals surface area contributed by atoms with E-state index in [2.05, 4.69) is 58.6 Å². The van der Waals surface area contributed by atoms with E-state index >= 15 is 0 Å². The van der Waals surface area contributed by atoms with Crippen LogP contribution in [0.25, 0.3) is 0 Å². The lowest BCUT2D eigenvalue weighted by Gasteiger charge is -2.50. The second-order valence-electron chi connectivity index (χ2n) is 6.04. The fourth-order valence-electron chi connectivity index (χ4n) is 2.54. The van der Waals surface area contributed by atoms with Crippen molar-refractivity contribution < 1.29 is 0 Å². The van der Waals surface area contributed by atoms with Crippen LogP contribution in [0.4, 0.5) is 0 Å². The third-order valence-electron chi connectivity index (χ3n) is 3.22. The van der Waals surface area contributed by atoms with Gasteiger partial charge in [-0.15, -0.1) is 11.8 Å². The maximum absolute atomic E-state index is 3.49. The Morgan fingerprint density at radius 3 is 1.62 bits per heavy atom. The SMILES string of the molecule is CC(C)(C)C1(C(C)(C)C)CNCS1. The second-order valence-corrected chi connectivity index (χ2v) is 7.32. The van der Waals surface area contributed by atoms with Crippen molar-refractivity contribution in [2.75, 3.05) is 12.4 Å². The first-order chi connectivity index (χ1) is 5.71. The Kier molecular flexibility index (Phi) is 2.77. The highest BCUT2D eigenvalue weighted by atomic mass is 32.2. The van der Waals surface area contributed by atoms with E-state index in [0.717, 1.165) is 12.4 Å². The van der Waals surface area contributed by atoms with Gasteiger partial charge >= 0.3 is 0 Å². The summed E-state index contributed by atoms with van der Waals surface area (Å²) >= 11 is 2.09. The molecular weight excluding hydrogens is 178 g/mol. The van der Waals surface area contributed by atoms with Crippen molar-refractivity contribution in [3.05, 3.63) is 0 Å². The smallest absolute Gasteiger partial charge is 0.0424 e. The Balaban J connectivity index is 3.02. The average molecular weight is 201 g/mol. The first kappa shape index (κ1) is 11.4. The van der Waals surface area contributed by atoms with Gasteiger partial charge in [-0.2, -0.15) is 0 Å². The van der Waals surface area contributed by atoms with Crippen LogP contribution in [0.1, 0.15) is 41.5 Å². The number of hydrogen-bond donors (Lipinski definition) is 1. The zero-order valence-corrected chi connectivity index (χ0v) is 10.6. The summed E-state index contributed by atoms with van der Waals surface area (Å²) in [5, 5.41) is 3.49. The van der Waals surface area contributed by atoms with Crippen LogP contribution in [0, 0.1) is 10.8 Å². The topological polar surface area (TPSA) is 12.0 Å². The Bertz CT molecular complexity index is 163. The number of rotatable bonds is 0. The molecule has 1 heterocycles. The normalized spacial score (nSPS) is 23.5. The molecule has 1 rings (SSSR count). The summed E-state index contributed by atoms with van der Waals surface area (Å²) in [5.41, 5.74) is 0.721. The maximum atomic E-state index is 3.49. The molecule has 0 bridgehead atoms. The summed E-state index contributed by atoms with van der Waals surface area (Å²) in [4.78, 5) is 0. The van der Waals surface area contributed by atoms with Gasteiger partial charge in [-0.1, -0.05) is 41.5 Å². The summed E-state index contributed by atoms with van der Waals surface area (Å²) in [5.74, 6) is 1.11. The second kappa shape index (κ2) is 3.16. The van der Waals surface area contributed by atoms with E-state index in [1.54, 1.807) is 0 Å². The van der Waals surface area contributed by atoms with Gasteiger partial charge in [0.15, 0.2) is 0 Å². The molecule has 1 aliphatic heterocycles. The molecule has 0 atom stereocenters. The largest absolute Gasteiger partial charge is 0.306 e. The Morgan fingerprint density at radius 1 is 1.00 bits per heavy atom. The minimum absolute atomic E-state index is 0.361. The molecule has 1 fully saturated rings. The molecule has 0 aromatic heterocycles. The van der Waals surface area contributed by atoms with Crippen molar-refractivity contribution in [3.63, 3.8) is 0 Å². The predicted molar refractivity (Wildman–Crippen MR) is 62.1 cm³/mol. The molecule has 78 valence electrons. The van der Waals surface area contributed by atoms with Gasteiger partial charge in [0, 0.05) is 17.2 Å². The van der Waals surface area contributed by atoms with E-state index < -0.39 is 0 Å². The fourth-order valence-corrected chi connectivity index (χ4v) is 4.06. The molecule has 0 aromatic rings. The van der Waals surface area contributed by atoms with Crippen LogP contribution < -0.4 is 5.32 Å². The molecule has 0 saturated carbocycles. The molecule has 0 radical (unpaired) electrons. The van der Waals surface area contributed by atoms with Gasteiger partial charge in [0.25, 0.3) is 0 Å². The van der Waals surface area contributed by atoms with Gasteiger partial charge in [0.2, 0.25) is 0 Å². The Morgan fingerprint density at radius 2 is 1.46 bits per heavy atom. The summed E-state index contributed by atoms with van der Waals surface area (Å²) in [6, 6.07) is 0. The van der Waals surface area contributed by atoms with Gasteiger partial charge in [-0.3, -0.25) is 0 Å². The molecule has 2 heteroatoms. The minimum atomic E-state index is 0.361. The van der Waals surface area contributed by atoms with Crippen molar-refractivity contribution in [1.82, 2.24) is 5.32 Å². The molecule has 0 aromatic carbocycles. The first-order valence-electron chi connectivity index (χ1n) is 5.05. The number of nitrogens with one attached hydrogen (secondary N) is 1. The summed E-state index contributed by atoms with van der Waals surface area (Å²) in [7, 11) is 0. The molecule has 0 unspecified atom stereocenters.